The number of nitrogens with zero attached hydrogens (tertiary/aromatic N) is 3. The number of hydrogen-bond acceptors (Lipinski definition) is 3. The third kappa shape index (κ3) is 3.67. The quantitative estimate of drug-likeness (QED) is 0.819. The SMILES string of the molecule is C=C1SC(=NC(=O)N2CCCC2)N(c2ccc(C(F)(F)F)cc2)C1O. The first-order chi connectivity index (χ1) is 11.8. The van der Waals surface area contributed by atoms with Crippen LogP contribution < -0.4 is 4.90 Å². The lowest BCUT2D eigenvalue weighted by atomic mass is 10.2. The highest BCUT2D eigenvalue weighted by atomic mass is 32.2. The van der Waals surface area contributed by atoms with Gasteiger partial charge in [0.1, 0.15) is 0 Å². The third-order valence-corrected chi connectivity index (χ3v) is 4.95. The van der Waals surface area contributed by atoms with Crippen molar-refractivity contribution in [3.8, 4) is 0 Å². The van der Waals surface area contributed by atoms with Gasteiger partial charge in [0.05, 0.1) is 5.56 Å². The molecule has 9 heteroatoms. The molecule has 1 atom stereocenters. The Hall–Kier alpha value is -2.00. The molecule has 0 aliphatic carbocycles. The summed E-state index contributed by atoms with van der Waals surface area (Å²) in [6.07, 6.45) is -3.76. The van der Waals surface area contributed by atoms with E-state index >= 15 is 0 Å². The lowest BCUT2D eigenvalue weighted by molar-refractivity contribution is -0.137. The van der Waals surface area contributed by atoms with Crippen LogP contribution in [-0.4, -0.2) is 40.5 Å². The van der Waals surface area contributed by atoms with Gasteiger partial charge in [-0.05, 0) is 37.1 Å². The highest BCUT2D eigenvalue weighted by Gasteiger charge is 2.36. The van der Waals surface area contributed by atoms with Crippen molar-refractivity contribution in [3.05, 3.63) is 41.3 Å². The van der Waals surface area contributed by atoms with Crippen molar-refractivity contribution in [1.82, 2.24) is 4.90 Å². The first-order valence-electron chi connectivity index (χ1n) is 7.66. The van der Waals surface area contributed by atoms with E-state index in [-0.39, 0.29) is 5.17 Å². The molecule has 0 spiro atoms. The van der Waals surface area contributed by atoms with E-state index in [1.807, 2.05) is 0 Å². The predicted octanol–water partition coefficient (Wildman–Crippen LogP) is 3.66. The number of benzene rings is 1. The molecule has 2 aliphatic rings. The van der Waals surface area contributed by atoms with Crippen LogP contribution in [0, 0.1) is 0 Å². The summed E-state index contributed by atoms with van der Waals surface area (Å²) in [6, 6.07) is 3.91. The minimum atomic E-state index is -4.44. The number of aliphatic imine (C=N–C) groups is 1. The molecule has 2 amide bonds. The number of aliphatic hydroxyl groups excluding tert-OH is 1. The molecule has 3 rings (SSSR count). The van der Waals surface area contributed by atoms with Crippen LogP contribution in [0.1, 0.15) is 18.4 Å². The van der Waals surface area contributed by atoms with E-state index in [1.165, 1.54) is 17.0 Å². The van der Waals surface area contributed by atoms with Gasteiger partial charge >= 0.3 is 12.2 Å². The Morgan fingerprint density at radius 2 is 1.84 bits per heavy atom. The molecule has 1 N–H and O–H groups in total. The number of anilines is 1. The maximum atomic E-state index is 12.7. The normalized spacial score (nSPS) is 23.0. The van der Waals surface area contributed by atoms with Crippen molar-refractivity contribution >= 4 is 28.6 Å². The van der Waals surface area contributed by atoms with Gasteiger partial charge in [0.15, 0.2) is 11.4 Å². The van der Waals surface area contributed by atoms with Crippen LogP contribution in [0.2, 0.25) is 0 Å². The molecule has 134 valence electrons. The molecule has 0 saturated carbocycles. The Balaban J connectivity index is 1.88. The molecule has 0 bridgehead atoms. The summed E-state index contributed by atoms with van der Waals surface area (Å²) in [5, 5.41) is 10.5. The zero-order chi connectivity index (χ0) is 18.2. The Kier molecular flexibility index (Phi) is 4.79. The second-order valence-corrected chi connectivity index (χ2v) is 6.82. The summed E-state index contributed by atoms with van der Waals surface area (Å²) in [5.41, 5.74) is -0.484. The van der Waals surface area contributed by atoms with Gasteiger partial charge in [-0.25, -0.2) is 4.79 Å². The lowest BCUT2D eigenvalue weighted by Crippen LogP contribution is -2.34. The van der Waals surface area contributed by atoms with Gasteiger partial charge in [0.25, 0.3) is 0 Å². The summed E-state index contributed by atoms with van der Waals surface area (Å²) in [6.45, 7) is 4.97. The Labute approximate surface area is 146 Å². The van der Waals surface area contributed by atoms with Gasteiger partial charge < -0.3 is 10.0 Å². The molecule has 0 radical (unpaired) electrons. The summed E-state index contributed by atoms with van der Waals surface area (Å²) < 4.78 is 38.1. The fourth-order valence-corrected chi connectivity index (χ4v) is 3.54. The van der Waals surface area contributed by atoms with Crippen molar-refractivity contribution in [2.24, 2.45) is 4.99 Å². The number of alkyl halides is 3. The topological polar surface area (TPSA) is 56.1 Å². The monoisotopic (exact) mass is 371 g/mol. The maximum Gasteiger partial charge on any atom is 0.416 e. The Bertz CT molecular complexity index is 712. The van der Waals surface area contributed by atoms with E-state index in [2.05, 4.69) is 11.6 Å². The highest BCUT2D eigenvalue weighted by molar-refractivity contribution is 8.18. The molecule has 2 heterocycles. The molecule has 2 saturated heterocycles. The van der Waals surface area contributed by atoms with Crippen molar-refractivity contribution in [2.75, 3.05) is 18.0 Å². The van der Waals surface area contributed by atoms with Gasteiger partial charge in [-0.1, -0.05) is 18.3 Å². The number of aliphatic hydroxyl groups is 1. The number of thioether (sulfide) groups is 1. The fraction of sp³-hybridized carbons (Fsp3) is 0.375. The van der Waals surface area contributed by atoms with Gasteiger partial charge in [-0.2, -0.15) is 18.2 Å². The molecule has 0 aromatic heterocycles. The number of halogens is 3. The number of likely N-dealkylation sites (tertiary alicyclic amines) is 1. The molecule has 2 aliphatic heterocycles. The summed E-state index contributed by atoms with van der Waals surface area (Å²) in [5.74, 6) is 0. The minimum absolute atomic E-state index is 0.203. The van der Waals surface area contributed by atoms with Crippen LogP contribution in [0.5, 0.6) is 0 Å². The second kappa shape index (κ2) is 6.72. The van der Waals surface area contributed by atoms with Gasteiger partial charge in [0.2, 0.25) is 0 Å². The summed E-state index contributed by atoms with van der Waals surface area (Å²) in [7, 11) is 0. The van der Waals surface area contributed by atoms with Crippen LogP contribution in [0.3, 0.4) is 0 Å². The average Bonchev–Trinajstić information content (AvgIpc) is 3.16. The Morgan fingerprint density at radius 3 is 2.40 bits per heavy atom. The number of urea groups is 1. The van der Waals surface area contributed by atoms with Gasteiger partial charge in [-0.3, -0.25) is 4.90 Å². The van der Waals surface area contributed by atoms with Crippen LogP contribution >= 0.6 is 11.8 Å². The van der Waals surface area contributed by atoms with E-state index in [9.17, 15) is 23.1 Å². The third-order valence-electron chi connectivity index (χ3n) is 4.00. The molecular weight excluding hydrogens is 355 g/mol. The summed E-state index contributed by atoms with van der Waals surface area (Å²) in [4.78, 5) is 19.5. The summed E-state index contributed by atoms with van der Waals surface area (Å²) >= 11 is 1.04. The van der Waals surface area contributed by atoms with Crippen LogP contribution in [0.4, 0.5) is 23.7 Å². The second-order valence-electron chi connectivity index (χ2n) is 5.73. The lowest BCUT2D eigenvalue weighted by Gasteiger charge is -2.23. The standard InChI is InChI=1S/C16H16F3N3O2S/c1-10-13(23)22(12-6-4-11(5-7-12)16(17,18)19)15(25-10)20-14(24)21-8-2-3-9-21/h4-7,13,23H,1-3,8-9H2. The molecule has 5 nitrogen and oxygen atoms in total. The highest BCUT2D eigenvalue weighted by Crippen LogP contribution is 2.38. The number of carbonyl (C=O) groups excluding carboxylic acids is 1. The van der Waals surface area contributed by atoms with E-state index in [0.717, 1.165) is 36.7 Å². The smallest absolute Gasteiger partial charge is 0.368 e. The van der Waals surface area contributed by atoms with Crippen LogP contribution in [-0.2, 0) is 6.18 Å². The van der Waals surface area contributed by atoms with Gasteiger partial charge in [0, 0.05) is 23.7 Å². The van der Waals surface area contributed by atoms with E-state index < -0.39 is 24.0 Å². The Morgan fingerprint density at radius 1 is 1.24 bits per heavy atom. The molecule has 1 aromatic carbocycles. The van der Waals surface area contributed by atoms with E-state index in [4.69, 9.17) is 0 Å². The number of carbonyl (C=O) groups is 1. The van der Waals surface area contributed by atoms with Crippen molar-refractivity contribution in [1.29, 1.82) is 0 Å². The number of rotatable bonds is 1. The average molecular weight is 371 g/mol. The minimum Gasteiger partial charge on any atom is -0.368 e. The van der Waals surface area contributed by atoms with Crippen LogP contribution in [0.15, 0.2) is 40.7 Å². The molecule has 1 unspecified atom stereocenters. The van der Waals surface area contributed by atoms with Crippen LogP contribution in [0.25, 0.3) is 0 Å². The van der Waals surface area contributed by atoms with Gasteiger partial charge in [-0.15, -0.1) is 0 Å². The van der Waals surface area contributed by atoms with Crippen molar-refractivity contribution in [3.63, 3.8) is 0 Å². The first-order valence-corrected chi connectivity index (χ1v) is 8.48. The molecule has 2 fully saturated rings. The van der Waals surface area contributed by atoms with E-state index in [0.29, 0.717) is 23.7 Å². The number of hydrogen-bond donors (Lipinski definition) is 1. The predicted molar refractivity (Wildman–Crippen MR) is 90.3 cm³/mol. The van der Waals surface area contributed by atoms with Crippen molar-refractivity contribution < 1.29 is 23.1 Å². The van der Waals surface area contributed by atoms with E-state index in [1.54, 1.807) is 4.90 Å². The zero-order valence-corrected chi connectivity index (χ0v) is 14.0. The maximum absolute atomic E-state index is 12.7. The first kappa shape index (κ1) is 17.8. The van der Waals surface area contributed by atoms with Crippen molar-refractivity contribution in [2.45, 2.75) is 25.2 Å². The molecule has 1 aromatic rings. The number of amidine groups is 1. The number of amides is 2. The largest absolute Gasteiger partial charge is 0.416 e. The molecule has 25 heavy (non-hydrogen) atoms. The fourth-order valence-electron chi connectivity index (χ4n) is 2.67. The molecular formula is C16H16F3N3O2S. The zero-order valence-electron chi connectivity index (χ0n) is 13.2.